The largest absolute Gasteiger partial charge is 0.355 e. The number of aromatic amines is 1. The summed E-state index contributed by atoms with van der Waals surface area (Å²) < 4.78 is 14.8. The summed E-state index contributed by atoms with van der Waals surface area (Å²) in [5, 5.41) is 5.09. The summed E-state index contributed by atoms with van der Waals surface area (Å²) in [6.07, 6.45) is 1.44. The molecule has 0 radical (unpaired) electrons. The van der Waals surface area contributed by atoms with Gasteiger partial charge in [0, 0.05) is 18.4 Å². The molecule has 1 aromatic heterocycles. The third kappa shape index (κ3) is 3.59. The third-order valence-electron chi connectivity index (χ3n) is 2.88. The van der Waals surface area contributed by atoms with E-state index in [4.69, 9.17) is 12.2 Å². The van der Waals surface area contributed by atoms with Crippen molar-refractivity contribution in [1.82, 2.24) is 20.2 Å². The standard InChI is InChI=1S/C14H15FN4O2S/c1-2-16-12(20)8-17-13(21)11-7-18-14(22)19(11)10-5-3-9(15)4-6-10/h3-7H,2,8H2,1H3,(H,16,20)(H,17,21)(H,18,22). The second kappa shape index (κ2) is 6.99. The molecule has 0 aliphatic carbocycles. The quantitative estimate of drug-likeness (QED) is 0.731. The molecule has 1 heterocycles. The van der Waals surface area contributed by atoms with Gasteiger partial charge in [0.1, 0.15) is 11.5 Å². The molecule has 0 bridgehead atoms. The number of rotatable bonds is 5. The number of hydrogen-bond donors (Lipinski definition) is 3. The number of nitrogens with one attached hydrogen (secondary N) is 3. The maximum absolute atomic E-state index is 13.0. The van der Waals surface area contributed by atoms with Crippen LogP contribution in [0, 0.1) is 10.6 Å². The highest BCUT2D eigenvalue weighted by molar-refractivity contribution is 7.71. The minimum absolute atomic E-state index is 0.131. The van der Waals surface area contributed by atoms with Gasteiger partial charge in [-0.3, -0.25) is 14.2 Å². The Balaban J connectivity index is 2.22. The lowest BCUT2D eigenvalue weighted by molar-refractivity contribution is -0.120. The lowest BCUT2D eigenvalue weighted by Gasteiger charge is -2.09. The van der Waals surface area contributed by atoms with Crippen LogP contribution in [0.4, 0.5) is 4.39 Å². The van der Waals surface area contributed by atoms with Gasteiger partial charge in [0.2, 0.25) is 5.91 Å². The zero-order chi connectivity index (χ0) is 16.1. The monoisotopic (exact) mass is 322 g/mol. The van der Waals surface area contributed by atoms with Crippen LogP contribution in [0.1, 0.15) is 17.4 Å². The Morgan fingerprint density at radius 1 is 1.27 bits per heavy atom. The van der Waals surface area contributed by atoms with Gasteiger partial charge >= 0.3 is 0 Å². The molecule has 1 aromatic carbocycles. The van der Waals surface area contributed by atoms with Crippen molar-refractivity contribution >= 4 is 24.0 Å². The van der Waals surface area contributed by atoms with Crippen LogP contribution in [0.15, 0.2) is 30.5 Å². The highest BCUT2D eigenvalue weighted by Gasteiger charge is 2.15. The number of likely N-dealkylation sites (N-methyl/N-ethyl adjacent to an activating group) is 1. The summed E-state index contributed by atoms with van der Waals surface area (Å²) in [7, 11) is 0. The fourth-order valence-corrected chi connectivity index (χ4v) is 2.16. The number of nitrogens with zero attached hydrogens (tertiary/aromatic N) is 1. The van der Waals surface area contributed by atoms with Gasteiger partial charge in [0.05, 0.1) is 6.54 Å². The van der Waals surface area contributed by atoms with Crippen molar-refractivity contribution in [3.05, 3.63) is 46.7 Å². The number of carbonyl (C=O) groups excluding carboxylic acids is 2. The topological polar surface area (TPSA) is 78.9 Å². The van der Waals surface area contributed by atoms with E-state index in [1.807, 2.05) is 0 Å². The molecule has 22 heavy (non-hydrogen) atoms. The molecule has 0 fully saturated rings. The van der Waals surface area contributed by atoms with Gasteiger partial charge in [-0.05, 0) is 43.4 Å². The number of halogens is 1. The fourth-order valence-electron chi connectivity index (χ4n) is 1.89. The molecule has 0 unspecified atom stereocenters. The van der Waals surface area contributed by atoms with Gasteiger partial charge in [-0.2, -0.15) is 0 Å². The van der Waals surface area contributed by atoms with E-state index in [1.54, 1.807) is 6.92 Å². The van der Waals surface area contributed by atoms with E-state index in [0.717, 1.165) is 0 Å². The zero-order valence-corrected chi connectivity index (χ0v) is 12.7. The lowest BCUT2D eigenvalue weighted by Crippen LogP contribution is -2.37. The van der Waals surface area contributed by atoms with Crippen molar-refractivity contribution in [2.24, 2.45) is 0 Å². The second-order valence-electron chi connectivity index (χ2n) is 4.43. The number of carbonyl (C=O) groups is 2. The third-order valence-corrected chi connectivity index (χ3v) is 3.18. The van der Waals surface area contributed by atoms with Gasteiger partial charge in [0.15, 0.2) is 4.77 Å². The van der Waals surface area contributed by atoms with Crippen molar-refractivity contribution in [3.63, 3.8) is 0 Å². The molecular weight excluding hydrogens is 307 g/mol. The number of imidazole rings is 1. The van der Waals surface area contributed by atoms with E-state index in [9.17, 15) is 14.0 Å². The normalized spacial score (nSPS) is 10.3. The van der Waals surface area contributed by atoms with Crippen molar-refractivity contribution in [2.45, 2.75) is 6.92 Å². The Bertz CT molecular complexity index is 736. The average Bonchev–Trinajstić information content (AvgIpc) is 2.88. The Morgan fingerprint density at radius 3 is 2.59 bits per heavy atom. The average molecular weight is 322 g/mol. The summed E-state index contributed by atoms with van der Waals surface area (Å²) in [5.74, 6) is -1.12. The van der Waals surface area contributed by atoms with E-state index in [2.05, 4.69) is 15.6 Å². The first-order chi connectivity index (χ1) is 10.5. The molecule has 2 aromatic rings. The maximum Gasteiger partial charge on any atom is 0.270 e. The van der Waals surface area contributed by atoms with Crippen LogP contribution in [0.25, 0.3) is 5.69 Å². The number of H-pyrrole nitrogens is 1. The smallest absolute Gasteiger partial charge is 0.270 e. The lowest BCUT2D eigenvalue weighted by atomic mass is 10.3. The number of amides is 2. The maximum atomic E-state index is 13.0. The van der Waals surface area contributed by atoms with E-state index in [0.29, 0.717) is 17.0 Å². The zero-order valence-electron chi connectivity index (χ0n) is 11.9. The minimum Gasteiger partial charge on any atom is -0.355 e. The molecule has 0 saturated heterocycles. The molecule has 2 rings (SSSR count). The molecule has 8 heteroatoms. The summed E-state index contributed by atoms with van der Waals surface area (Å²) in [4.78, 5) is 26.3. The first kappa shape index (κ1) is 15.9. The van der Waals surface area contributed by atoms with Crippen LogP contribution in [0.5, 0.6) is 0 Å². The molecule has 0 spiro atoms. The molecule has 0 aliphatic heterocycles. The fraction of sp³-hybridized carbons (Fsp3) is 0.214. The van der Waals surface area contributed by atoms with E-state index in [1.165, 1.54) is 35.0 Å². The summed E-state index contributed by atoms with van der Waals surface area (Å²) in [6, 6.07) is 5.58. The van der Waals surface area contributed by atoms with E-state index < -0.39 is 5.91 Å². The molecule has 0 atom stereocenters. The Kier molecular flexibility index (Phi) is 5.05. The summed E-state index contributed by atoms with van der Waals surface area (Å²) in [5.41, 5.74) is 0.789. The second-order valence-corrected chi connectivity index (χ2v) is 4.81. The van der Waals surface area contributed by atoms with Crippen LogP contribution in [-0.4, -0.2) is 34.5 Å². The molecule has 0 aliphatic rings. The van der Waals surface area contributed by atoms with Gasteiger partial charge in [-0.25, -0.2) is 4.39 Å². The van der Waals surface area contributed by atoms with Gasteiger partial charge < -0.3 is 15.6 Å². The molecule has 116 valence electrons. The van der Waals surface area contributed by atoms with Crippen LogP contribution < -0.4 is 10.6 Å². The molecule has 0 saturated carbocycles. The summed E-state index contributed by atoms with van der Waals surface area (Å²) in [6.45, 7) is 2.15. The van der Waals surface area contributed by atoms with Crippen LogP contribution in [0.2, 0.25) is 0 Å². The Hall–Kier alpha value is -2.48. The van der Waals surface area contributed by atoms with Crippen molar-refractivity contribution in [3.8, 4) is 5.69 Å². The molecule has 3 N–H and O–H groups in total. The highest BCUT2D eigenvalue weighted by atomic mass is 32.1. The van der Waals surface area contributed by atoms with Gasteiger partial charge in [0.25, 0.3) is 5.91 Å². The highest BCUT2D eigenvalue weighted by Crippen LogP contribution is 2.13. The van der Waals surface area contributed by atoms with Gasteiger partial charge in [-0.1, -0.05) is 0 Å². The summed E-state index contributed by atoms with van der Waals surface area (Å²) >= 11 is 5.14. The molecular formula is C14H15FN4O2S. The van der Waals surface area contributed by atoms with Crippen molar-refractivity contribution in [2.75, 3.05) is 13.1 Å². The molecule has 6 nitrogen and oxygen atoms in total. The van der Waals surface area contributed by atoms with Crippen molar-refractivity contribution in [1.29, 1.82) is 0 Å². The predicted octanol–water partition coefficient (Wildman–Crippen LogP) is 1.54. The first-order valence-electron chi connectivity index (χ1n) is 6.64. The van der Waals surface area contributed by atoms with Crippen LogP contribution in [0.3, 0.4) is 0 Å². The van der Waals surface area contributed by atoms with E-state index in [-0.39, 0.29) is 24.0 Å². The SMILES string of the molecule is CCNC(=O)CNC(=O)c1c[nH]c(=S)n1-c1ccc(F)cc1. The van der Waals surface area contributed by atoms with Gasteiger partial charge in [-0.15, -0.1) is 0 Å². The van der Waals surface area contributed by atoms with Crippen molar-refractivity contribution < 1.29 is 14.0 Å². The van der Waals surface area contributed by atoms with Crippen LogP contribution >= 0.6 is 12.2 Å². The number of aromatic nitrogens is 2. The minimum atomic E-state index is -0.456. The van der Waals surface area contributed by atoms with E-state index >= 15 is 0 Å². The first-order valence-corrected chi connectivity index (χ1v) is 7.05. The number of hydrogen-bond acceptors (Lipinski definition) is 3. The Labute approximate surface area is 131 Å². The molecule has 2 amide bonds. The Morgan fingerprint density at radius 2 is 1.95 bits per heavy atom. The predicted molar refractivity (Wildman–Crippen MR) is 81.9 cm³/mol. The van der Waals surface area contributed by atoms with Crippen LogP contribution in [-0.2, 0) is 4.79 Å². The number of benzene rings is 1.